The molecule has 3 aromatic rings. The molecular weight excluding hydrogens is 465 g/mol. The van der Waals surface area contributed by atoms with Crippen molar-refractivity contribution in [2.45, 2.75) is 62.6 Å². The number of halogens is 3. The molecule has 1 aromatic heterocycles. The quantitative estimate of drug-likeness (QED) is 0.457. The Morgan fingerprint density at radius 1 is 1.11 bits per heavy atom. The zero-order valence-corrected chi connectivity index (χ0v) is 20.1. The Morgan fingerprint density at radius 2 is 1.89 bits per heavy atom. The standard InChI is InChI=1S/C29H29F3N2O2/c1-19-25(8-5-15-33-19)34-26(35)22-10-12-24-21(16-22)9-11-23-18-28(36,29(30,31)32)14-13-27(23,24)17-20-6-3-2-4-7-20/h2-8,10,12,15-16,23,36H,9,11,13-14,17-18H2,1H3,(H,34,35)/t23-,27-,28+/m0/s1. The minimum absolute atomic E-state index is 0.232. The van der Waals surface area contributed by atoms with Crippen molar-refractivity contribution in [1.29, 1.82) is 0 Å². The maximum absolute atomic E-state index is 13.8. The van der Waals surface area contributed by atoms with Crippen molar-refractivity contribution in [3.05, 3.63) is 94.8 Å². The van der Waals surface area contributed by atoms with Crippen LogP contribution >= 0.6 is 0 Å². The molecule has 36 heavy (non-hydrogen) atoms. The Hall–Kier alpha value is -3.19. The minimum atomic E-state index is -4.65. The van der Waals surface area contributed by atoms with E-state index < -0.39 is 17.2 Å². The molecule has 1 saturated carbocycles. The van der Waals surface area contributed by atoms with Gasteiger partial charge in [0.15, 0.2) is 5.60 Å². The van der Waals surface area contributed by atoms with Crippen LogP contribution in [0.4, 0.5) is 18.9 Å². The van der Waals surface area contributed by atoms with Gasteiger partial charge in [-0.05, 0) is 92.3 Å². The molecule has 1 amide bonds. The second-order valence-electron chi connectivity index (χ2n) is 10.3. The van der Waals surface area contributed by atoms with Gasteiger partial charge >= 0.3 is 6.18 Å². The predicted octanol–water partition coefficient (Wildman–Crippen LogP) is 6.16. The number of rotatable bonds is 4. The van der Waals surface area contributed by atoms with Crippen molar-refractivity contribution in [1.82, 2.24) is 4.98 Å². The second kappa shape index (κ2) is 9.04. The second-order valence-corrected chi connectivity index (χ2v) is 10.3. The molecular formula is C29H29F3N2O2. The molecule has 0 unspecified atom stereocenters. The van der Waals surface area contributed by atoms with Gasteiger partial charge in [0, 0.05) is 17.2 Å². The number of fused-ring (bicyclic) bond motifs is 3. The normalized spacial score (nSPS) is 25.5. The number of aryl methyl sites for hydroxylation is 2. The van der Waals surface area contributed by atoms with Crippen molar-refractivity contribution < 1.29 is 23.1 Å². The number of aliphatic hydroxyl groups is 1. The lowest BCUT2D eigenvalue weighted by atomic mass is 9.52. The van der Waals surface area contributed by atoms with Gasteiger partial charge in [0.25, 0.3) is 5.91 Å². The first-order valence-corrected chi connectivity index (χ1v) is 12.3. The average Bonchev–Trinajstić information content (AvgIpc) is 2.85. The number of alkyl halides is 3. The number of carbonyl (C=O) groups is 1. The lowest BCUT2D eigenvalue weighted by Crippen LogP contribution is -2.56. The molecule has 4 nitrogen and oxygen atoms in total. The average molecular weight is 495 g/mol. The van der Waals surface area contributed by atoms with E-state index in [0.717, 1.165) is 16.7 Å². The number of pyridine rings is 1. The molecule has 7 heteroatoms. The number of carbonyl (C=O) groups excluding carboxylic acids is 1. The van der Waals surface area contributed by atoms with Crippen LogP contribution in [0.2, 0.25) is 0 Å². The van der Waals surface area contributed by atoms with Crippen LogP contribution in [0.5, 0.6) is 0 Å². The van der Waals surface area contributed by atoms with Crippen LogP contribution in [-0.4, -0.2) is 27.8 Å². The molecule has 2 N–H and O–H groups in total. The molecule has 3 atom stereocenters. The lowest BCUT2D eigenvalue weighted by Gasteiger charge is -2.53. The highest BCUT2D eigenvalue weighted by Gasteiger charge is 2.61. The summed E-state index contributed by atoms with van der Waals surface area (Å²) in [5, 5.41) is 13.5. The van der Waals surface area contributed by atoms with Crippen molar-refractivity contribution in [2.75, 3.05) is 5.32 Å². The maximum Gasteiger partial charge on any atom is 0.417 e. The van der Waals surface area contributed by atoms with Crippen LogP contribution in [-0.2, 0) is 18.3 Å². The fourth-order valence-electron chi connectivity index (χ4n) is 6.19. The van der Waals surface area contributed by atoms with Gasteiger partial charge < -0.3 is 10.4 Å². The van der Waals surface area contributed by atoms with E-state index in [1.807, 2.05) is 49.4 Å². The highest BCUT2D eigenvalue weighted by molar-refractivity contribution is 6.04. The highest BCUT2D eigenvalue weighted by atomic mass is 19.4. The first-order chi connectivity index (χ1) is 17.1. The number of nitrogens with zero attached hydrogens (tertiary/aromatic N) is 1. The first-order valence-electron chi connectivity index (χ1n) is 12.3. The van der Waals surface area contributed by atoms with Crippen LogP contribution in [0.3, 0.4) is 0 Å². The van der Waals surface area contributed by atoms with E-state index in [0.29, 0.717) is 36.2 Å². The fourth-order valence-corrected chi connectivity index (χ4v) is 6.19. The van der Waals surface area contributed by atoms with Gasteiger partial charge in [-0.3, -0.25) is 9.78 Å². The third-order valence-corrected chi connectivity index (χ3v) is 8.16. The van der Waals surface area contributed by atoms with E-state index in [1.54, 1.807) is 24.4 Å². The molecule has 0 saturated heterocycles. The van der Waals surface area contributed by atoms with Gasteiger partial charge in [-0.2, -0.15) is 13.2 Å². The summed E-state index contributed by atoms with van der Waals surface area (Å²) in [6, 6.07) is 18.9. The molecule has 5 rings (SSSR count). The topological polar surface area (TPSA) is 62.2 Å². The summed E-state index contributed by atoms with van der Waals surface area (Å²) in [5.41, 5.74) is 1.73. The zero-order chi connectivity index (χ0) is 25.6. The number of aromatic nitrogens is 1. The monoisotopic (exact) mass is 494 g/mol. The van der Waals surface area contributed by atoms with E-state index in [4.69, 9.17) is 0 Å². The van der Waals surface area contributed by atoms with E-state index in [-0.39, 0.29) is 31.1 Å². The summed E-state index contributed by atoms with van der Waals surface area (Å²) in [5.74, 6) is -0.563. The molecule has 0 spiro atoms. The predicted molar refractivity (Wildman–Crippen MR) is 132 cm³/mol. The summed E-state index contributed by atoms with van der Waals surface area (Å²) < 4.78 is 41.3. The Morgan fingerprint density at radius 3 is 2.61 bits per heavy atom. The van der Waals surface area contributed by atoms with Gasteiger partial charge in [0.1, 0.15) is 0 Å². The number of nitrogens with one attached hydrogen (secondary N) is 1. The molecule has 0 aliphatic heterocycles. The van der Waals surface area contributed by atoms with Gasteiger partial charge in [0.2, 0.25) is 0 Å². The van der Waals surface area contributed by atoms with Gasteiger partial charge in [-0.15, -0.1) is 0 Å². The van der Waals surface area contributed by atoms with E-state index >= 15 is 0 Å². The SMILES string of the molecule is Cc1ncccc1NC(=O)c1ccc2c(c1)CC[C@H]1C[C@@](O)(C(F)(F)F)CC[C@@]21Cc1ccccc1. The summed E-state index contributed by atoms with van der Waals surface area (Å²) >= 11 is 0. The highest BCUT2D eigenvalue weighted by Crippen LogP contribution is 2.57. The fraction of sp³-hybridized carbons (Fsp3) is 0.379. The smallest absolute Gasteiger partial charge is 0.380 e. The van der Waals surface area contributed by atoms with Gasteiger partial charge in [-0.25, -0.2) is 0 Å². The van der Waals surface area contributed by atoms with E-state index in [2.05, 4.69) is 10.3 Å². The first kappa shape index (κ1) is 24.5. The van der Waals surface area contributed by atoms with Crippen molar-refractivity contribution >= 4 is 11.6 Å². The Labute approximate surface area is 208 Å². The number of hydrogen-bond donors (Lipinski definition) is 2. The number of amides is 1. The number of hydrogen-bond acceptors (Lipinski definition) is 3. The summed E-state index contributed by atoms with van der Waals surface area (Å²) in [6.07, 6.45) is -1.69. The summed E-state index contributed by atoms with van der Waals surface area (Å²) in [4.78, 5) is 17.2. The van der Waals surface area contributed by atoms with Crippen LogP contribution in [0.15, 0.2) is 66.9 Å². The van der Waals surface area contributed by atoms with E-state index in [9.17, 15) is 23.1 Å². The van der Waals surface area contributed by atoms with Gasteiger partial charge in [0.05, 0.1) is 11.4 Å². The third kappa shape index (κ3) is 4.30. The largest absolute Gasteiger partial charge is 0.417 e. The lowest BCUT2D eigenvalue weighted by molar-refractivity contribution is -0.279. The molecule has 1 fully saturated rings. The third-order valence-electron chi connectivity index (χ3n) is 8.16. The Balaban J connectivity index is 1.51. The van der Waals surface area contributed by atoms with Crippen molar-refractivity contribution in [2.24, 2.45) is 5.92 Å². The molecule has 0 bridgehead atoms. The van der Waals surface area contributed by atoms with Crippen LogP contribution in [0.1, 0.15) is 58.4 Å². The molecule has 2 aromatic carbocycles. The van der Waals surface area contributed by atoms with Crippen molar-refractivity contribution in [3.8, 4) is 0 Å². The molecule has 1 heterocycles. The number of benzene rings is 2. The van der Waals surface area contributed by atoms with Crippen LogP contribution < -0.4 is 5.32 Å². The molecule has 0 radical (unpaired) electrons. The van der Waals surface area contributed by atoms with Crippen LogP contribution in [0.25, 0.3) is 0 Å². The molecule has 188 valence electrons. The summed E-state index contributed by atoms with van der Waals surface area (Å²) in [6.45, 7) is 1.82. The minimum Gasteiger partial charge on any atom is -0.380 e. The summed E-state index contributed by atoms with van der Waals surface area (Å²) in [7, 11) is 0. The molecule has 2 aliphatic carbocycles. The van der Waals surface area contributed by atoms with Crippen molar-refractivity contribution in [3.63, 3.8) is 0 Å². The maximum atomic E-state index is 13.8. The zero-order valence-electron chi connectivity index (χ0n) is 20.1. The Kier molecular flexibility index (Phi) is 6.15. The number of anilines is 1. The Bertz CT molecular complexity index is 1280. The van der Waals surface area contributed by atoms with Gasteiger partial charge in [-0.1, -0.05) is 36.4 Å². The molecule has 2 aliphatic rings. The van der Waals surface area contributed by atoms with Crippen LogP contribution in [0, 0.1) is 12.8 Å². The van der Waals surface area contributed by atoms with E-state index in [1.165, 1.54) is 0 Å².